The highest BCUT2D eigenvalue weighted by Gasteiger charge is 2.11. The predicted molar refractivity (Wildman–Crippen MR) is 58.4 cm³/mol. The molecule has 0 aliphatic heterocycles. The molecule has 1 heterocycles. The quantitative estimate of drug-likeness (QED) is 0.669. The summed E-state index contributed by atoms with van der Waals surface area (Å²) < 4.78 is 0. The van der Waals surface area contributed by atoms with Gasteiger partial charge in [-0.1, -0.05) is 18.9 Å². The highest BCUT2D eigenvalue weighted by molar-refractivity contribution is 5.61. The van der Waals surface area contributed by atoms with E-state index in [1.165, 1.54) is 25.7 Å². The van der Waals surface area contributed by atoms with Crippen molar-refractivity contribution in [2.45, 2.75) is 32.2 Å². The summed E-state index contributed by atoms with van der Waals surface area (Å²) in [6.07, 6.45) is 9.35. The second kappa shape index (κ2) is 4.89. The lowest BCUT2D eigenvalue weighted by molar-refractivity contribution is 0.739. The Hall–Kier alpha value is -1.18. The maximum atomic E-state index is 4.44. The highest BCUT2D eigenvalue weighted by atomic mass is 14.8. The van der Waals surface area contributed by atoms with Crippen LogP contribution in [0.15, 0.2) is 29.4 Å². The summed E-state index contributed by atoms with van der Waals surface area (Å²) in [6, 6.07) is 5.96. The number of hydrogen-bond acceptors (Lipinski definition) is 2. The number of nitrogens with zero attached hydrogens (tertiary/aromatic N) is 2. The van der Waals surface area contributed by atoms with Gasteiger partial charge in [-0.05, 0) is 30.9 Å². The van der Waals surface area contributed by atoms with Crippen LogP contribution in [0.3, 0.4) is 0 Å². The molecule has 1 fully saturated rings. The van der Waals surface area contributed by atoms with Crippen molar-refractivity contribution in [2.75, 3.05) is 0 Å². The van der Waals surface area contributed by atoms with E-state index in [2.05, 4.69) is 16.2 Å². The molecule has 0 bridgehead atoms. The number of hydrogen-bond donors (Lipinski definition) is 0. The zero-order valence-electron chi connectivity index (χ0n) is 8.39. The summed E-state index contributed by atoms with van der Waals surface area (Å²) in [4.78, 5) is 8.67. The molecule has 0 spiro atoms. The fraction of sp³-hybridized carbons (Fsp3) is 0.500. The Kier molecular flexibility index (Phi) is 3.28. The van der Waals surface area contributed by atoms with Crippen LogP contribution in [0.2, 0.25) is 0 Å². The molecular weight excluding hydrogens is 172 g/mol. The topological polar surface area (TPSA) is 25.2 Å². The van der Waals surface area contributed by atoms with E-state index in [0.29, 0.717) is 0 Å². The van der Waals surface area contributed by atoms with E-state index in [1.807, 2.05) is 24.4 Å². The zero-order valence-corrected chi connectivity index (χ0v) is 8.39. The second-order valence-electron chi connectivity index (χ2n) is 3.86. The van der Waals surface area contributed by atoms with Crippen molar-refractivity contribution < 1.29 is 0 Å². The first-order valence-corrected chi connectivity index (χ1v) is 5.35. The first kappa shape index (κ1) is 9.38. The Labute approximate surface area is 85.1 Å². The van der Waals surface area contributed by atoms with Gasteiger partial charge in [-0.3, -0.25) is 9.98 Å². The number of aliphatic imine (C=N–C) groups is 1. The van der Waals surface area contributed by atoms with E-state index in [1.54, 1.807) is 0 Å². The SMILES string of the molecule is C(=NCc1ccccn1)C1CCCC1. The van der Waals surface area contributed by atoms with Crippen LogP contribution in [0, 0.1) is 5.92 Å². The van der Waals surface area contributed by atoms with Crippen molar-refractivity contribution >= 4 is 6.21 Å². The van der Waals surface area contributed by atoms with Crippen LogP contribution in [-0.4, -0.2) is 11.2 Å². The molecule has 1 saturated carbocycles. The minimum atomic E-state index is 0.733. The predicted octanol–water partition coefficient (Wildman–Crippen LogP) is 2.84. The number of pyridine rings is 1. The fourth-order valence-corrected chi connectivity index (χ4v) is 1.89. The van der Waals surface area contributed by atoms with Gasteiger partial charge in [-0.2, -0.15) is 0 Å². The smallest absolute Gasteiger partial charge is 0.0807 e. The molecule has 2 nitrogen and oxygen atoms in total. The molecule has 1 aliphatic carbocycles. The molecule has 0 N–H and O–H groups in total. The van der Waals surface area contributed by atoms with Crippen molar-refractivity contribution in [2.24, 2.45) is 10.9 Å². The van der Waals surface area contributed by atoms with Crippen LogP contribution in [0.1, 0.15) is 31.4 Å². The van der Waals surface area contributed by atoms with Crippen molar-refractivity contribution in [3.63, 3.8) is 0 Å². The number of rotatable bonds is 3. The third-order valence-electron chi connectivity index (χ3n) is 2.70. The normalized spacial score (nSPS) is 18.0. The van der Waals surface area contributed by atoms with E-state index in [9.17, 15) is 0 Å². The molecule has 1 aliphatic rings. The Morgan fingerprint density at radius 3 is 2.93 bits per heavy atom. The Morgan fingerprint density at radius 2 is 2.21 bits per heavy atom. The summed E-state index contributed by atoms with van der Waals surface area (Å²) in [5.74, 6) is 0.735. The highest BCUT2D eigenvalue weighted by Crippen LogP contribution is 2.22. The molecule has 0 saturated heterocycles. The standard InChI is InChI=1S/C12H16N2/c1-2-6-11(5-1)9-13-10-12-7-3-4-8-14-12/h3-4,7-9,11H,1-2,5-6,10H2. The average Bonchev–Trinajstić information content (AvgIpc) is 2.72. The van der Waals surface area contributed by atoms with Crippen LogP contribution in [0.4, 0.5) is 0 Å². The number of aromatic nitrogens is 1. The van der Waals surface area contributed by atoms with Crippen molar-refractivity contribution in [1.82, 2.24) is 4.98 Å². The van der Waals surface area contributed by atoms with Gasteiger partial charge >= 0.3 is 0 Å². The third kappa shape index (κ3) is 2.66. The van der Waals surface area contributed by atoms with Crippen molar-refractivity contribution in [3.05, 3.63) is 30.1 Å². The summed E-state index contributed by atoms with van der Waals surface area (Å²) in [6.45, 7) is 0.733. The van der Waals surface area contributed by atoms with Crippen LogP contribution in [-0.2, 0) is 6.54 Å². The molecule has 0 atom stereocenters. The monoisotopic (exact) mass is 188 g/mol. The van der Waals surface area contributed by atoms with E-state index in [4.69, 9.17) is 0 Å². The zero-order chi connectivity index (χ0) is 9.64. The van der Waals surface area contributed by atoms with Crippen molar-refractivity contribution in [3.8, 4) is 0 Å². The summed E-state index contributed by atoms with van der Waals surface area (Å²) in [7, 11) is 0. The van der Waals surface area contributed by atoms with Gasteiger partial charge in [0, 0.05) is 12.4 Å². The Balaban J connectivity index is 1.81. The van der Waals surface area contributed by atoms with Crippen LogP contribution < -0.4 is 0 Å². The first-order valence-electron chi connectivity index (χ1n) is 5.35. The summed E-state index contributed by atoms with van der Waals surface area (Å²) in [5, 5.41) is 0. The van der Waals surface area contributed by atoms with E-state index >= 15 is 0 Å². The lowest BCUT2D eigenvalue weighted by Crippen LogP contribution is -1.95. The fourth-order valence-electron chi connectivity index (χ4n) is 1.89. The van der Waals surface area contributed by atoms with E-state index in [0.717, 1.165) is 18.2 Å². The van der Waals surface area contributed by atoms with Gasteiger partial charge < -0.3 is 0 Å². The Bertz CT molecular complexity index is 286. The van der Waals surface area contributed by atoms with Gasteiger partial charge in [0.2, 0.25) is 0 Å². The lowest BCUT2D eigenvalue weighted by Gasteiger charge is -1.99. The molecule has 0 unspecified atom stereocenters. The molecule has 2 heteroatoms. The van der Waals surface area contributed by atoms with Crippen LogP contribution in [0.5, 0.6) is 0 Å². The van der Waals surface area contributed by atoms with Gasteiger partial charge in [-0.15, -0.1) is 0 Å². The largest absolute Gasteiger partial charge is 0.291 e. The van der Waals surface area contributed by atoms with Gasteiger partial charge in [0.15, 0.2) is 0 Å². The first-order chi connectivity index (χ1) is 6.95. The minimum Gasteiger partial charge on any atom is -0.291 e. The maximum absolute atomic E-state index is 4.44. The van der Waals surface area contributed by atoms with E-state index < -0.39 is 0 Å². The van der Waals surface area contributed by atoms with Gasteiger partial charge in [0.25, 0.3) is 0 Å². The molecule has 2 rings (SSSR count). The van der Waals surface area contributed by atoms with Gasteiger partial charge in [-0.25, -0.2) is 0 Å². The summed E-state index contributed by atoms with van der Waals surface area (Å²) >= 11 is 0. The lowest BCUT2D eigenvalue weighted by atomic mass is 10.1. The molecule has 74 valence electrons. The molecule has 0 amide bonds. The van der Waals surface area contributed by atoms with Crippen LogP contribution in [0.25, 0.3) is 0 Å². The van der Waals surface area contributed by atoms with Crippen LogP contribution >= 0.6 is 0 Å². The second-order valence-corrected chi connectivity index (χ2v) is 3.86. The Morgan fingerprint density at radius 1 is 1.36 bits per heavy atom. The average molecular weight is 188 g/mol. The van der Waals surface area contributed by atoms with Crippen molar-refractivity contribution in [1.29, 1.82) is 0 Å². The molecule has 0 radical (unpaired) electrons. The van der Waals surface area contributed by atoms with E-state index in [-0.39, 0.29) is 0 Å². The summed E-state index contributed by atoms with van der Waals surface area (Å²) in [5.41, 5.74) is 1.06. The molecular formula is C12H16N2. The van der Waals surface area contributed by atoms with Gasteiger partial charge in [0.1, 0.15) is 0 Å². The molecule has 14 heavy (non-hydrogen) atoms. The minimum absolute atomic E-state index is 0.733. The maximum Gasteiger partial charge on any atom is 0.0807 e. The molecule has 1 aromatic rings. The third-order valence-corrected chi connectivity index (χ3v) is 2.70. The molecule has 0 aromatic carbocycles. The molecule has 1 aromatic heterocycles. The van der Waals surface area contributed by atoms with Gasteiger partial charge in [0.05, 0.1) is 12.2 Å².